The van der Waals surface area contributed by atoms with E-state index in [1.54, 1.807) is 0 Å². The summed E-state index contributed by atoms with van der Waals surface area (Å²) in [6.45, 7) is 4.76. The SMILES string of the molecule is C[C@@H](CO)N(CCc1ccc(N)nc1)C[C@@H]1C[C@H]1CCNC(=O)c1cc2ccccc2[nH]1. The molecule has 2 aromatic heterocycles. The zero-order chi connectivity index (χ0) is 22.5. The molecule has 0 radical (unpaired) electrons. The molecule has 3 atom stereocenters. The van der Waals surface area contributed by atoms with Crippen molar-refractivity contribution in [2.24, 2.45) is 11.8 Å². The van der Waals surface area contributed by atoms with Gasteiger partial charge in [-0.15, -0.1) is 0 Å². The molecule has 0 saturated heterocycles. The molecule has 1 amide bonds. The molecular weight excluding hydrogens is 402 g/mol. The molecule has 5 N–H and O–H groups in total. The number of anilines is 1. The molecule has 1 aliphatic rings. The second-order valence-electron chi connectivity index (χ2n) is 8.94. The highest BCUT2D eigenvalue weighted by Gasteiger charge is 2.38. The fourth-order valence-corrected chi connectivity index (χ4v) is 4.31. The first-order valence-electron chi connectivity index (χ1n) is 11.4. The van der Waals surface area contributed by atoms with Gasteiger partial charge in [0.2, 0.25) is 0 Å². The normalized spacial score (nSPS) is 18.7. The Morgan fingerprint density at radius 2 is 2.16 bits per heavy atom. The summed E-state index contributed by atoms with van der Waals surface area (Å²) < 4.78 is 0. The summed E-state index contributed by atoms with van der Waals surface area (Å²) in [6, 6.07) is 13.8. The maximum atomic E-state index is 12.5. The van der Waals surface area contributed by atoms with Gasteiger partial charge in [-0.05, 0) is 61.8 Å². The summed E-state index contributed by atoms with van der Waals surface area (Å²) in [7, 11) is 0. The van der Waals surface area contributed by atoms with Crippen LogP contribution in [0.3, 0.4) is 0 Å². The highest BCUT2D eigenvalue weighted by Crippen LogP contribution is 2.41. The molecule has 0 unspecified atom stereocenters. The lowest BCUT2D eigenvalue weighted by Crippen LogP contribution is -2.39. The zero-order valence-corrected chi connectivity index (χ0v) is 18.6. The lowest BCUT2D eigenvalue weighted by atomic mass is 10.1. The van der Waals surface area contributed by atoms with Crippen molar-refractivity contribution in [2.45, 2.75) is 32.2 Å². The van der Waals surface area contributed by atoms with Crippen molar-refractivity contribution >= 4 is 22.6 Å². The lowest BCUT2D eigenvalue weighted by molar-refractivity contribution is 0.0948. The third-order valence-corrected chi connectivity index (χ3v) is 6.54. The molecule has 0 spiro atoms. The number of fused-ring (bicyclic) bond motifs is 1. The van der Waals surface area contributed by atoms with Crippen LogP contribution < -0.4 is 11.1 Å². The number of nitrogens with one attached hydrogen (secondary N) is 2. The van der Waals surface area contributed by atoms with Gasteiger partial charge in [0, 0.05) is 42.8 Å². The number of hydrogen-bond donors (Lipinski definition) is 4. The minimum atomic E-state index is -0.0500. The minimum Gasteiger partial charge on any atom is -0.395 e. The minimum absolute atomic E-state index is 0.0500. The van der Waals surface area contributed by atoms with Crippen LogP contribution in [0.25, 0.3) is 10.9 Å². The number of aromatic amines is 1. The molecule has 1 fully saturated rings. The number of aliphatic hydroxyl groups excluding tert-OH is 1. The number of nitrogen functional groups attached to an aromatic ring is 1. The van der Waals surface area contributed by atoms with Gasteiger partial charge in [0.15, 0.2) is 0 Å². The Bertz CT molecular complexity index is 999. The molecule has 0 bridgehead atoms. The summed E-state index contributed by atoms with van der Waals surface area (Å²) in [5.41, 5.74) is 8.41. The molecule has 3 aromatic rings. The fourth-order valence-electron chi connectivity index (χ4n) is 4.31. The Morgan fingerprint density at radius 1 is 1.31 bits per heavy atom. The second kappa shape index (κ2) is 10.1. The Morgan fingerprint density at radius 3 is 2.91 bits per heavy atom. The highest BCUT2D eigenvalue weighted by molar-refractivity contribution is 5.97. The maximum absolute atomic E-state index is 12.5. The number of H-pyrrole nitrogens is 1. The van der Waals surface area contributed by atoms with Crippen LogP contribution in [0, 0.1) is 11.8 Å². The lowest BCUT2D eigenvalue weighted by Gasteiger charge is -2.28. The predicted octanol–water partition coefficient (Wildman–Crippen LogP) is 2.83. The molecule has 32 heavy (non-hydrogen) atoms. The van der Waals surface area contributed by atoms with Crippen LogP contribution in [-0.4, -0.2) is 58.2 Å². The van der Waals surface area contributed by atoms with Crippen LogP contribution in [0.15, 0.2) is 48.7 Å². The van der Waals surface area contributed by atoms with E-state index in [0.717, 1.165) is 42.4 Å². The van der Waals surface area contributed by atoms with E-state index in [1.807, 2.05) is 48.7 Å². The molecule has 0 aliphatic heterocycles. The highest BCUT2D eigenvalue weighted by atomic mass is 16.3. The van der Waals surface area contributed by atoms with Gasteiger partial charge in [0.05, 0.1) is 6.61 Å². The van der Waals surface area contributed by atoms with E-state index in [1.165, 1.54) is 6.42 Å². The smallest absolute Gasteiger partial charge is 0.267 e. The molecule has 7 heteroatoms. The fraction of sp³-hybridized carbons (Fsp3) is 0.440. The molecule has 2 heterocycles. The van der Waals surface area contributed by atoms with E-state index in [-0.39, 0.29) is 18.6 Å². The quantitative estimate of drug-likeness (QED) is 0.370. The van der Waals surface area contributed by atoms with Crippen molar-refractivity contribution in [3.8, 4) is 0 Å². The number of nitrogens with two attached hydrogens (primary N) is 1. The first kappa shape index (κ1) is 22.3. The average molecular weight is 436 g/mol. The van der Waals surface area contributed by atoms with Crippen LogP contribution in [0.5, 0.6) is 0 Å². The van der Waals surface area contributed by atoms with Crippen molar-refractivity contribution in [3.63, 3.8) is 0 Å². The van der Waals surface area contributed by atoms with Crippen molar-refractivity contribution in [3.05, 3.63) is 59.9 Å². The molecule has 1 aromatic carbocycles. The second-order valence-corrected chi connectivity index (χ2v) is 8.94. The third-order valence-electron chi connectivity index (χ3n) is 6.54. The van der Waals surface area contributed by atoms with Crippen LogP contribution in [0.4, 0.5) is 5.82 Å². The number of nitrogens with zero attached hydrogens (tertiary/aromatic N) is 2. The number of pyridine rings is 1. The Hall–Kier alpha value is -2.90. The van der Waals surface area contributed by atoms with Crippen molar-refractivity contribution in [2.75, 3.05) is 32.0 Å². The summed E-state index contributed by atoms with van der Waals surface area (Å²) in [6.07, 6.45) is 4.88. The van der Waals surface area contributed by atoms with Crippen LogP contribution >= 0.6 is 0 Å². The van der Waals surface area contributed by atoms with Crippen LogP contribution in [0.2, 0.25) is 0 Å². The van der Waals surface area contributed by atoms with E-state index < -0.39 is 0 Å². The van der Waals surface area contributed by atoms with E-state index >= 15 is 0 Å². The van der Waals surface area contributed by atoms with Gasteiger partial charge < -0.3 is 21.1 Å². The molecule has 4 rings (SSSR count). The number of carbonyl (C=O) groups excluding carboxylic acids is 1. The summed E-state index contributed by atoms with van der Waals surface area (Å²) >= 11 is 0. The predicted molar refractivity (Wildman–Crippen MR) is 127 cm³/mol. The van der Waals surface area contributed by atoms with Gasteiger partial charge in [-0.3, -0.25) is 9.69 Å². The first-order chi connectivity index (χ1) is 15.5. The van der Waals surface area contributed by atoms with Crippen molar-refractivity contribution < 1.29 is 9.90 Å². The summed E-state index contributed by atoms with van der Waals surface area (Å²) in [5, 5.41) is 13.8. The first-order valence-corrected chi connectivity index (χ1v) is 11.4. The summed E-state index contributed by atoms with van der Waals surface area (Å²) in [5.74, 6) is 1.74. The van der Waals surface area contributed by atoms with Gasteiger partial charge in [0.25, 0.3) is 5.91 Å². The van der Waals surface area contributed by atoms with Crippen LogP contribution in [-0.2, 0) is 6.42 Å². The number of hydrogen-bond acceptors (Lipinski definition) is 5. The van der Waals surface area contributed by atoms with E-state index in [2.05, 4.69) is 27.1 Å². The number of para-hydroxylation sites is 1. The summed E-state index contributed by atoms with van der Waals surface area (Å²) in [4.78, 5) is 22.2. The number of carbonyl (C=O) groups is 1. The van der Waals surface area contributed by atoms with E-state index in [9.17, 15) is 9.90 Å². The van der Waals surface area contributed by atoms with Crippen LogP contribution in [0.1, 0.15) is 35.8 Å². The van der Waals surface area contributed by atoms with Crippen molar-refractivity contribution in [1.82, 2.24) is 20.2 Å². The Labute approximate surface area is 189 Å². The van der Waals surface area contributed by atoms with E-state index in [0.29, 0.717) is 29.9 Å². The maximum Gasteiger partial charge on any atom is 0.267 e. The standard InChI is InChI=1S/C25H33N5O2/c1-17(16-31)30(11-9-18-6-7-24(26)28-14-18)15-21-12-19(21)8-10-27-25(32)23-13-20-4-2-3-5-22(20)29-23/h2-7,13-14,17,19,21,29,31H,8-12,15-16H2,1H3,(H2,26,28)(H,27,32)/t17-,19+,21-/m0/s1. The number of aliphatic hydroxyl groups is 1. The largest absolute Gasteiger partial charge is 0.395 e. The van der Waals surface area contributed by atoms with E-state index in [4.69, 9.17) is 5.73 Å². The molecule has 1 aliphatic carbocycles. The average Bonchev–Trinajstić information content (AvgIpc) is 3.39. The number of amides is 1. The van der Waals surface area contributed by atoms with Gasteiger partial charge in [-0.25, -0.2) is 4.98 Å². The number of aromatic nitrogens is 2. The number of rotatable bonds is 11. The van der Waals surface area contributed by atoms with Gasteiger partial charge >= 0.3 is 0 Å². The van der Waals surface area contributed by atoms with Gasteiger partial charge in [0.1, 0.15) is 11.5 Å². The number of benzene rings is 1. The Kier molecular flexibility index (Phi) is 7.07. The monoisotopic (exact) mass is 435 g/mol. The molecule has 7 nitrogen and oxygen atoms in total. The third kappa shape index (κ3) is 5.66. The molecule has 1 saturated carbocycles. The topological polar surface area (TPSA) is 107 Å². The van der Waals surface area contributed by atoms with Gasteiger partial charge in [-0.2, -0.15) is 0 Å². The molecule has 170 valence electrons. The zero-order valence-electron chi connectivity index (χ0n) is 18.6. The Balaban J connectivity index is 1.21. The molecular formula is C25H33N5O2. The van der Waals surface area contributed by atoms with Gasteiger partial charge in [-0.1, -0.05) is 24.3 Å². The van der Waals surface area contributed by atoms with Crippen molar-refractivity contribution in [1.29, 1.82) is 0 Å².